The zero-order valence-electron chi connectivity index (χ0n) is 26.8. The fraction of sp³-hybridized carbons (Fsp3) is 0.0952. The van der Waals surface area contributed by atoms with E-state index in [-0.39, 0.29) is 20.1 Å². The summed E-state index contributed by atoms with van der Waals surface area (Å²) < 4.78 is 6.34. The van der Waals surface area contributed by atoms with E-state index >= 15 is 0 Å². The number of hydrogen-bond donors (Lipinski definition) is 0. The molecule has 8 aromatic rings. The number of fused-ring (bicyclic) bond motifs is 4. The molecule has 0 aliphatic heterocycles. The topological polar surface area (TPSA) is 38.9 Å². The molecule has 0 aliphatic rings. The van der Waals surface area contributed by atoms with E-state index in [1.807, 2.05) is 48.7 Å². The second kappa shape index (κ2) is 13.6. The molecule has 5 heteroatoms. The molecular formula is C42H34IrN2OSi-2. The van der Waals surface area contributed by atoms with Crippen LogP contribution in [0.2, 0.25) is 19.6 Å². The molecule has 0 amide bonds. The normalized spacial score (nSPS) is 11.2. The average molecular weight is 803 g/mol. The molecule has 8 rings (SSSR count). The summed E-state index contributed by atoms with van der Waals surface area (Å²) in [4.78, 5) is 9.25. The van der Waals surface area contributed by atoms with Gasteiger partial charge >= 0.3 is 0 Å². The number of furan rings is 1. The second-order valence-electron chi connectivity index (χ2n) is 12.6. The third-order valence-corrected chi connectivity index (χ3v) is 10.5. The smallest absolute Gasteiger partial charge is 0.121 e. The van der Waals surface area contributed by atoms with Crippen molar-refractivity contribution < 1.29 is 24.5 Å². The van der Waals surface area contributed by atoms with Crippen molar-refractivity contribution in [3.8, 4) is 33.6 Å². The number of nitrogens with zero attached hydrogens (tertiary/aromatic N) is 2. The van der Waals surface area contributed by atoms with Crippen molar-refractivity contribution in [2.45, 2.75) is 26.6 Å². The van der Waals surface area contributed by atoms with Crippen LogP contribution in [0.15, 0.2) is 138 Å². The molecule has 0 saturated carbocycles. The average Bonchev–Trinajstić information content (AvgIpc) is 3.47. The summed E-state index contributed by atoms with van der Waals surface area (Å²) in [5, 5.41) is 5.92. The maximum atomic E-state index is 6.34. The molecule has 0 N–H and O–H groups in total. The maximum absolute atomic E-state index is 6.34. The summed E-state index contributed by atoms with van der Waals surface area (Å²) in [5.41, 5.74) is 9.24. The second-order valence-corrected chi connectivity index (χ2v) is 17.6. The summed E-state index contributed by atoms with van der Waals surface area (Å²) in [7, 11) is -1.27. The summed E-state index contributed by atoms with van der Waals surface area (Å²) in [6.45, 7) is 9.24. The van der Waals surface area contributed by atoms with Crippen LogP contribution in [0.1, 0.15) is 5.56 Å². The van der Waals surface area contributed by atoms with Gasteiger partial charge in [-0.05, 0) is 51.5 Å². The first-order valence-corrected chi connectivity index (χ1v) is 19.1. The molecule has 0 atom stereocenters. The Morgan fingerprint density at radius 3 is 2.11 bits per heavy atom. The van der Waals surface area contributed by atoms with Gasteiger partial charge in [-0.2, -0.15) is 0 Å². The molecule has 233 valence electrons. The van der Waals surface area contributed by atoms with Gasteiger partial charge in [0.15, 0.2) is 0 Å². The van der Waals surface area contributed by atoms with E-state index in [0.29, 0.717) is 0 Å². The standard InChI is InChI=1S/C27H16NO.C15H18NSi.Ir/c1-2-7-18(8-3-1)20-13-14-22-23-11-6-12-24(27(23)29-26(22)16-20)25-15-19-9-4-5-10-21(19)17-28-25;1-12-10-14(13-8-6-5-7-9-13)16-11-15(12)17(2,3)4;/h1-11,13-17H;5-8,10-11H,1-4H3;/q2*-1;. The van der Waals surface area contributed by atoms with Gasteiger partial charge in [0.1, 0.15) is 5.58 Å². The Labute approximate surface area is 290 Å². The van der Waals surface area contributed by atoms with Crippen LogP contribution < -0.4 is 5.19 Å². The number of hydrogen-bond acceptors (Lipinski definition) is 3. The van der Waals surface area contributed by atoms with Gasteiger partial charge < -0.3 is 14.4 Å². The zero-order valence-corrected chi connectivity index (χ0v) is 30.2. The van der Waals surface area contributed by atoms with Gasteiger partial charge in [-0.1, -0.05) is 115 Å². The predicted molar refractivity (Wildman–Crippen MR) is 195 cm³/mol. The monoisotopic (exact) mass is 803 g/mol. The Morgan fingerprint density at radius 2 is 1.36 bits per heavy atom. The Morgan fingerprint density at radius 1 is 0.617 bits per heavy atom. The van der Waals surface area contributed by atoms with E-state index in [4.69, 9.17) is 4.42 Å². The van der Waals surface area contributed by atoms with Gasteiger partial charge in [0, 0.05) is 37.9 Å². The third-order valence-electron chi connectivity index (χ3n) is 8.33. The van der Waals surface area contributed by atoms with Crippen molar-refractivity contribution in [1.82, 2.24) is 9.97 Å². The predicted octanol–water partition coefficient (Wildman–Crippen LogP) is 10.7. The van der Waals surface area contributed by atoms with Gasteiger partial charge in [-0.3, -0.25) is 0 Å². The van der Waals surface area contributed by atoms with E-state index in [9.17, 15) is 0 Å². The van der Waals surface area contributed by atoms with Crippen molar-refractivity contribution in [1.29, 1.82) is 0 Å². The number of benzene rings is 5. The van der Waals surface area contributed by atoms with E-state index in [1.54, 1.807) is 0 Å². The van der Waals surface area contributed by atoms with Crippen molar-refractivity contribution in [3.63, 3.8) is 0 Å². The van der Waals surface area contributed by atoms with Gasteiger partial charge in [0.05, 0.1) is 13.7 Å². The minimum absolute atomic E-state index is 0. The molecule has 3 aromatic heterocycles. The first-order chi connectivity index (χ1) is 22.3. The van der Waals surface area contributed by atoms with Crippen LogP contribution in [-0.2, 0) is 20.1 Å². The molecule has 0 fully saturated rings. The van der Waals surface area contributed by atoms with Gasteiger partial charge in [-0.15, -0.1) is 54.1 Å². The van der Waals surface area contributed by atoms with Crippen molar-refractivity contribution in [2.24, 2.45) is 0 Å². The molecule has 3 nitrogen and oxygen atoms in total. The van der Waals surface area contributed by atoms with E-state index < -0.39 is 8.07 Å². The molecule has 0 unspecified atom stereocenters. The number of aryl methyl sites for hydroxylation is 1. The van der Waals surface area contributed by atoms with Crippen LogP contribution in [0.4, 0.5) is 0 Å². The molecule has 0 aliphatic carbocycles. The number of aromatic nitrogens is 2. The van der Waals surface area contributed by atoms with E-state index in [1.165, 1.54) is 16.3 Å². The fourth-order valence-electron chi connectivity index (χ4n) is 6.00. The summed E-state index contributed by atoms with van der Waals surface area (Å²) in [5.74, 6) is 0. The number of rotatable bonds is 4. The minimum atomic E-state index is -1.27. The molecule has 0 spiro atoms. The van der Waals surface area contributed by atoms with E-state index in [0.717, 1.165) is 60.8 Å². The zero-order chi connectivity index (χ0) is 31.7. The largest absolute Gasteiger partial charge is 0.501 e. The molecule has 47 heavy (non-hydrogen) atoms. The Balaban J connectivity index is 0.000000185. The van der Waals surface area contributed by atoms with Crippen LogP contribution in [-0.4, -0.2) is 18.0 Å². The summed E-state index contributed by atoms with van der Waals surface area (Å²) in [6, 6.07) is 47.9. The van der Waals surface area contributed by atoms with Gasteiger partial charge in [0.2, 0.25) is 0 Å². The molecule has 3 heterocycles. The maximum Gasteiger partial charge on any atom is 0.121 e. The van der Waals surface area contributed by atoms with Crippen molar-refractivity contribution in [3.05, 3.63) is 151 Å². The van der Waals surface area contributed by atoms with Crippen LogP contribution in [0.3, 0.4) is 0 Å². The van der Waals surface area contributed by atoms with Crippen molar-refractivity contribution in [2.75, 3.05) is 0 Å². The molecule has 0 bridgehead atoms. The summed E-state index contributed by atoms with van der Waals surface area (Å²) in [6.07, 6.45) is 3.96. The van der Waals surface area contributed by atoms with Crippen LogP contribution in [0, 0.1) is 19.1 Å². The van der Waals surface area contributed by atoms with Crippen molar-refractivity contribution >= 4 is 46.0 Å². The molecule has 1 radical (unpaired) electrons. The Hall–Kier alpha value is -4.67. The molecular weight excluding hydrogens is 769 g/mol. The fourth-order valence-corrected chi connectivity index (χ4v) is 7.71. The molecule has 0 saturated heterocycles. The van der Waals surface area contributed by atoms with Crippen LogP contribution in [0.5, 0.6) is 0 Å². The molecule has 5 aromatic carbocycles. The number of pyridine rings is 2. The first kappa shape index (κ1) is 32.3. The van der Waals surface area contributed by atoms with Crippen LogP contribution >= 0.6 is 0 Å². The third kappa shape index (κ3) is 6.75. The van der Waals surface area contributed by atoms with Gasteiger partial charge in [-0.25, -0.2) is 0 Å². The SMILES string of the molecule is Cc1cc(-c2[c-]cccc2)ncc1[Si](C)(C)C.[Ir].[c-]1ccc2c(oc3cc(-c4ccccc4)ccc32)c1-c1cc2ccccc2cn1. The Kier molecular flexibility index (Phi) is 9.33. The first-order valence-electron chi connectivity index (χ1n) is 15.6. The summed E-state index contributed by atoms with van der Waals surface area (Å²) >= 11 is 0. The minimum Gasteiger partial charge on any atom is -0.501 e. The van der Waals surface area contributed by atoms with Gasteiger partial charge in [0.25, 0.3) is 0 Å². The Bertz CT molecular complexity index is 2310. The van der Waals surface area contributed by atoms with E-state index in [2.05, 4.69) is 134 Å². The van der Waals surface area contributed by atoms with Crippen LogP contribution in [0.25, 0.3) is 66.4 Å². The quantitative estimate of drug-likeness (QED) is 0.131.